The molecule has 0 saturated carbocycles. The molecule has 0 radical (unpaired) electrons. The summed E-state index contributed by atoms with van der Waals surface area (Å²) in [6, 6.07) is 6.04. The van der Waals surface area contributed by atoms with Gasteiger partial charge in [-0.2, -0.15) is 0 Å². The van der Waals surface area contributed by atoms with Crippen molar-refractivity contribution in [3.63, 3.8) is 0 Å². The van der Waals surface area contributed by atoms with Gasteiger partial charge in [0.25, 0.3) is 5.91 Å². The highest BCUT2D eigenvalue weighted by Gasteiger charge is 2.24. The number of hydrogen-bond acceptors (Lipinski definition) is 2. The van der Waals surface area contributed by atoms with Gasteiger partial charge in [-0.1, -0.05) is 38.5 Å². The molecule has 0 fully saturated rings. The molecule has 0 spiro atoms. The minimum atomic E-state index is -0.0530. The molecule has 3 heteroatoms. The molecule has 0 aliphatic carbocycles. The number of amides is 1. The lowest BCUT2D eigenvalue weighted by Gasteiger charge is -2.32. The van der Waals surface area contributed by atoms with Crippen LogP contribution in [0, 0.1) is 19.3 Å². The number of hydrogen-bond donors (Lipinski definition) is 1. The van der Waals surface area contributed by atoms with Crippen LogP contribution in [-0.2, 0) is 0 Å². The van der Waals surface area contributed by atoms with E-state index in [1.54, 1.807) is 0 Å². The summed E-state index contributed by atoms with van der Waals surface area (Å²) in [6.07, 6.45) is 0.956. The number of carbonyl (C=O) groups excluding carboxylic acids is 1. The van der Waals surface area contributed by atoms with E-state index in [-0.39, 0.29) is 11.3 Å². The molecule has 0 atom stereocenters. The molecule has 1 aromatic rings. The van der Waals surface area contributed by atoms with Gasteiger partial charge < -0.3 is 10.6 Å². The fourth-order valence-electron chi connectivity index (χ4n) is 2.24. The molecule has 0 heterocycles. The van der Waals surface area contributed by atoms with Gasteiger partial charge in [-0.05, 0) is 43.9 Å². The first-order valence-electron chi connectivity index (χ1n) is 7.37. The third kappa shape index (κ3) is 4.34. The Balaban J connectivity index is 3.02. The second-order valence-corrected chi connectivity index (χ2v) is 6.41. The lowest BCUT2D eigenvalue weighted by molar-refractivity contribution is 0.0688. The Morgan fingerprint density at radius 1 is 1.30 bits per heavy atom. The second kappa shape index (κ2) is 6.89. The van der Waals surface area contributed by atoms with E-state index in [2.05, 4.69) is 20.8 Å². The molecule has 0 aliphatic heterocycles. The van der Waals surface area contributed by atoms with Crippen LogP contribution in [0.15, 0.2) is 18.2 Å². The second-order valence-electron chi connectivity index (χ2n) is 6.41. The van der Waals surface area contributed by atoms with Crippen LogP contribution in [0.3, 0.4) is 0 Å². The van der Waals surface area contributed by atoms with E-state index >= 15 is 0 Å². The van der Waals surface area contributed by atoms with E-state index in [9.17, 15) is 4.79 Å². The van der Waals surface area contributed by atoms with Crippen molar-refractivity contribution in [2.75, 3.05) is 19.6 Å². The molecule has 1 amide bonds. The fraction of sp³-hybridized carbons (Fsp3) is 0.588. The summed E-state index contributed by atoms with van der Waals surface area (Å²) in [5.74, 6) is 0.120. The van der Waals surface area contributed by atoms with Gasteiger partial charge in [-0.15, -0.1) is 0 Å². The van der Waals surface area contributed by atoms with Crippen molar-refractivity contribution >= 4 is 5.91 Å². The average molecular weight is 276 g/mol. The highest BCUT2D eigenvalue weighted by molar-refractivity contribution is 5.95. The number of aryl methyl sites for hydroxylation is 2. The van der Waals surface area contributed by atoms with Crippen LogP contribution in [0.1, 0.15) is 48.7 Å². The largest absolute Gasteiger partial charge is 0.338 e. The molecule has 0 bridgehead atoms. The fourth-order valence-corrected chi connectivity index (χ4v) is 2.24. The third-order valence-corrected chi connectivity index (χ3v) is 3.58. The minimum absolute atomic E-state index is 0.0530. The lowest BCUT2D eigenvalue weighted by atomic mass is 9.92. The molecule has 112 valence electrons. The summed E-state index contributed by atoms with van der Waals surface area (Å²) in [5.41, 5.74) is 8.72. The van der Waals surface area contributed by atoms with E-state index in [0.717, 1.165) is 29.7 Å². The Bertz CT molecular complexity index is 466. The Kier molecular flexibility index (Phi) is 5.75. The number of benzene rings is 1. The average Bonchev–Trinajstić information content (AvgIpc) is 2.40. The van der Waals surface area contributed by atoms with Crippen LogP contribution in [0.5, 0.6) is 0 Å². The van der Waals surface area contributed by atoms with Crippen LogP contribution in [-0.4, -0.2) is 30.4 Å². The minimum Gasteiger partial charge on any atom is -0.338 e. The van der Waals surface area contributed by atoms with Crippen LogP contribution in [0.4, 0.5) is 0 Å². The predicted octanol–water partition coefficient (Wildman–Crippen LogP) is 3.14. The maximum atomic E-state index is 12.8. The van der Waals surface area contributed by atoms with Crippen molar-refractivity contribution in [1.82, 2.24) is 4.90 Å². The number of nitrogens with two attached hydrogens (primary N) is 1. The molecule has 1 rings (SSSR count). The molecule has 0 aliphatic rings. The quantitative estimate of drug-likeness (QED) is 0.867. The van der Waals surface area contributed by atoms with Crippen molar-refractivity contribution in [2.24, 2.45) is 11.1 Å². The Morgan fingerprint density at radius 3 is 2.50 bits per heavy atom. The molecule has 2 N–H and O–H groups in total. The van der Waals surface area contributed by atoms with Crippen molar-refractivity contribution < 1.29 is 4.79 Å². The highest BCUT2D eigenvalue weighted by Crippen LogP contribution is 2.19. The highest BCUT2D eigenvalue weighted by atomic mass is 16.2. The summed E-state index contributed by atoms with van der Waals surface area (Å²) in [5, 5.41) is 0. The first-order valence-corrected chi connectivity index (χ1v) is 7.37. The SMILES string of the molecule is CCCN(CC(C)(C)CN)C(=O)c1cc(C)ccc1C. The van der Waals surface area contributed by atoms with Gasteiger partial charge in [-0.3, -0.25) is 4.79 Å². The third-order valence-electron chi connectivity index (χ3n) is 3.58. The molecule has 20 heavy (non-hydrogen) atoms. The standard InChI is InChI=1S/C17H28N2O/c1-6-9-19(12-17(4,5)11-18)16(20)15-10-13(2)7-8-14(15)3/h7-8,10H,6,9,11-12,18H2,1-5H3. The molecule has 3 nitrogen and oxygen atoms in total. The van der Waals surface area contributed by atoms with Crippen molar-refractivity contribution in [1.29, 1.82) is 0 Å². The monoisotopic (exact) mass is 276 g/mol. The van der Waals surface area contributed by atoms with Crippen LogP contribution in [0.25, 0.3) is 0 Å². The summed E-state index contributed by atoms with van der Waals surface area (Å²) in [7, 11) is 0. The van der Waals surface area contributed by atoms with Crippen LogP contribution in [0.2, 0.25) is 0 Å². The van der Waals surface area contributed by atoms with Crippen molar-refractivity contribution in [3.05, 3.63) is 34.9 Å². The number of rotatable bonds is 6. The van der Waals surface area contributed by atoms with Gasteiger partial charge in [0.1, 0.15) is 0 Å². The first-order chi connectivity index (χ1) is 9.30. The lowest BCUT2D eigenvalue weighted by Crippen LogP contribution is -2.42. The van der Waals surface area contributed by atoms with Crippen LogP contribution < -0.4 is 5.73 Å². The zero-order valence-electron chi connectivity index (χ0n) is 13.5. The van der Waals surface area contributed by atoms with Gasteiger partial charge >= 0.3 is 0 Å². The Morgan fingerprint density at radius 2 is 1.95 bits per heavy atom. The van der Waals surface area contributed by atoms with Crippen molar-refractivity contribution in [2.45, 2.75) is 41.0 Å². The van der Waals surface area contributed by atoms with Crippen molar-refractivity contribution in [3.8, 4) is 0 Å². The van der Waals surface area contributed by atoms with Gasteiger partial charge in [0.05, 0.1) is 0 Å². The summed E-state index contributed by atoms with van der Waals surface area (Å²) >= 11 is 0. The van der Waals surface area contributed by atoms with Crippen LogP contribution >= 0.6 is 0 Å². The van der Waals surface area contributed by atoms with Gasteiger partial charge in [0, 0.05) is 18.7 Å². The van der Waals surface area contributed by atoms with E-state index in [1.807, 2.05) is 36.9 Å². The molecule has 0 unspecified atom stereocenters. The first kappa shape index (κ1) is 16.7. The molecule has 0 aromatic heterocycles. The van der Waals surface area contributed by atoms with E-state index in [4.69, 9.17) is 5.73 Å². The maximum Gasteiger partial charge on any atom is 0.254 e. The van der Waals surface area contributed by atoms with E-state index in [1.165, 1.54) is 0 Å². The molecular formula is C17H28N2O. The maximum absolute atomic E-state index is 12.8. The van der Waals surface area contributed by atoms with E-state index in [0.29, 0.717) is 13.1 Å². The van der Waals surface area contributed by atoms with Gasteiger partial charge in [0.2, 0.25) is 0 Å². The number of carbonyl (C=O) groups is 1. The topological polar surface area (TPSA) is 46.3 Å². The summed E-state index contributed by atoms with van der Waals surface area (Å²) < 4.78 is 0. The smallest absolute Gasteiger partial charge is 0.254 e. The predicted molar refractivity (Wildman–Crippen MR) is 84.9 cm³/mol. The zero-order valence-corrected chi connectivity index (χ0v) is 13.5. The normalized spacial score (nSPS) is 11.5. The van der Waals surface area contributed by atoms with Gasteiger partial charge in [0.15, 0.2) is 0 Å². The Hall–Kier alpha value is -1.35. The van der Waals surface area contributed by atoms with Gasteiger partial charge in [-0.25, -0.2) is 0 Å². The molecule has 1 aromatic carbocycles. The summed E-state index contributed by atoms with van der Waals surface area (Å²) in [6.45, 7) is 12.4. The van der Waals surface area contributed by atoms with E-state index < -0.39 is 0 Å². The Labute approximate surface area is 123 Å². The zero-order chi connectivity index (χ0) is 15.3. The number of nitrogens with zero attached hydrogens (tertiary/aromatic N) is 1. The summed E-state index contributed by atoms with van der Waals surface area (Å²) in [4.78, 5) is 14.7. The molecule has 0 saturated heterocycles. The molecular weight excluding hydrogens is 248 g/mol.